The second-order valence-corrected chi connectivity index (χ2v) is 6.28. The van der Waals surface area contributed by atoms with Gasteiger partial charge in [0.15, 0.2) is 0 Å². The first-order chi connectivity index (χ1) is 10.1. The Morgan fingerprint density at radius 2 is 2.14 bits per heavy atom. The molecule has 0 fully saturated rings. The minimum absolute atomic E-state index is 0.110. The molecule has 112 valence electrons. The smallest absolute Gasteiger partial charge is 0.123 e. The maximum atomic E-state index is 6.07. The van der Waals surface area contributed by atoms with Gasteiger partial charge in [0.25, 0.3) is 0 Å². The fraction of sp³-hybridized carbons (Fsp3) is 0.312. The Balaban J connectivity index is 2.11. The molecule has 1 aromatic heterocycles. The van der Waals surface area contributed by atoms with Gasteiger partial charge in [0, 0.05) is 33.5 Å². The Bertz CT molecular complexity index is 607. The quantitative estimate of drug-likeness (QED) is 0.823. The van der Waals surface area contributed by atoms with Crippen LogP contribution in [-0.2, 0) is 13.0 Å². The van der Waals surface area contributed by atoms with Gasteiger partial charge in [-0.05, 0) is 58.6 Å². The summed E-state index contributed by atoms with van der Waals surface area (Å²) < 4.78 is 6.84. The van der Waals surface area contributed by atoms with Crippen LogP contribution in [0.1, 0.15) is 24.5 Å². The summed E-state index contributed by atoms with van der Waals surface area (Å²) in [4.78, 5) is 4.13. The molecular weight excluding hydrogens is 352 g/mol. The predicted octanol–water partition coefficient (Wildman–Crippen LogP) is 4.36. The van der Waals surface area contributed by atoms with E-state index in [1.165, 1.54) is 0 Å². The van der Waals surface area contributed by atoms with E-state index in [0.29, 0.717) is 11.6 Å². The predicted molar refractivity (Wildman–Crippen MR) is 89.7 cm³/mol. The van der Waals surface area contributed by atoms with E-state index >= 15 is 0 Å². The van der Waals surface area contributed by atoms with Crippen LogP contribution in [0, 0.1) is 0 Å². The van der Waals surface area contributed by atoms with E-state index in [-0.39, 0.29) is 6.04 Å². The Kier molecular flexibility index (Phi) is 6.03. The van der Waals surface area contributed by atoms with Crippen LogP contribution in [0.2, 0.25) is 5.02 Å². The van der Waals surface area contributed by atoms with Crippen molar-refractivity contribution < 1.29 is 4.74 Å². The van der Waals surface area contributed by atoms with Crippen molar-refractivity contribution in [2.75, 3.05) is 0 Å². The molecule has 0 amide bonds. The van der Waals surface area contributed by atoms with Gasteiger partial charge in [-0.1, -0.05) is 18.5 Å². The Hall–Kier alpha value is -1.10. The van der Waals surface area contributed by atoms with Gasteiger partial charge in [0.05, 0.1) is 0 Å². The number of nitrogens with zero attached hydrogens (tertiary/aromatic N) is 1. The van der Waals surface area contributed by atoms with Crippen LogP contribution in [-0.4, -0.2) is 11.0 Å². The molecule has 0 bridgehead atoms. The molecule has 1 atom stereocenters. The van der Waals surface area contributed by atoms with Crippen LogP contribution in [0.5, 0.6) is 5.75 Å². The van der Waals surface area contributed by atoms with Crippen LogP contribution >= 0.6 is 27.5 Å². The SMILES string of the molecule is CCC(N)Cc1cc(Cl)ccc1OCc1cncc(Br)c1. The van der Waals surface area contributed by atoms with Crippen molar-refractivity contribution in [1.82, 2.24) is 4.98 Å². The maximum absolute atomic E-state index is 6.07. The molecule has 0 spiro atoms. The Morgan fingerprint density at radius 3 is 2.86 bits per heavy atom. The van der Waals surface area contributed by atoms with Gasteiger partial charge in [-0.2, -0.15) is 0 Å². The largest absolute Gasteiger partial charge is 0.489 e. The molecule has 3 nitrogen and oxygen atoms in total. The monoisotopic (exact) mass is 368 g/mol. The van der Waals surface area contributed by atoms with E-state index in [4.69, 9.17) is 22.1 Å². The maximum Gasteiger partial charge on any atom is 0.123 e. The van der Waals surface area contributed by atoms with Crippen LogP contribution in [0.25, 0.3) is 0 Å². The van der Waals surface area contributed by atoms with E-state index in [1.54, 1.807) is 12.4 Å². The van der Waals surface area contributed by atoms with Gasteiger partial charge < -0.3 is 10.5 Å². The standard InChI is InChI=1S/C16H18BrClN2O/c1-2-15(19)7-12-6-14(18)3-4-16(12)21-10-11-5-13(17)9-20-8-11/h3-6,8-9,15H,2,7,10,19H2,1H3. The van der Waals surface area contributed by atoms with E-state index in [9.17, 15) is 0 Å². The third-order valence-electron chi connectivity index (χ3n) is 3.18. The lowest BCUT2D eigenvalue weighted by atomic mass is 10.0. The third kappa shape index (κ3) is 4.99. The summed E-state index contributed by atoms with van der Waals surface area (Å²) in [5.41, 5.74) is 8.08. The normalized spacial score (nSPS) is 12.2. The van der Waals surface area contributed by atoms with Crippen LogP contribution < -0.4 is 10.5 Å². The lowest BCUT2D eigenvalue weighted by Gasteiger charge is -2.15. The molecule has 2 aromatic rings. The van der Waals surface area contributed by atoms with E-state index in [2.05, 4.69) is 27.8 Å². The molecule has 1 heterocycles. The first-order valence-corrected chi connectivity index (χ1v) is 8.01. The van der Waals surface area contributed by atoms with Crippen molar-refractivity contribution in [3.05, 3.63) is 57.3 Å². The molecule has 0 saturated carbocycles. The minimum Gasteiger partial charge on any atom is -0.489 e. The number of aromatic nitrogens is 1. The fourth-order valence-corrected chi connectivity index (χ4v) is 2.58. The van der Waals surface area contributed by atoms with Crippen LogP contribution in [0.15, 0.2) is 41.1 Å². The van der Waals surface area contributed by atoms with Gasteiger partial charge in [0.1, 0.15) is 12.4 Å². The summed E-state index contributed by atoms with van der Waals surface area (Å²) in [6, 6.07) is 7.74. The van der Waals surface area contributed by atoms with Crippen molar-refractivity contribution >= 4 is 27.5 Å². The summed E-state index contributed by atoms with van der Waals surface area (Å²) in [6.07, 6.45) is 5.21. The number of ether oxygens (including phenoxy) is 1. The Labute approximate surface area is 138 Å². The molecule has 2 rings (SSSR count). The van der Waals surface area contributed by atoms with Gasteiger partial charge in [-0.3, -0.25) is 4.98 Å². The number of hydrogen-bond donors (Lipinski definition) is 1. The molecule has 0 aliphatic heterocycles. The molecule has 5 heteroatoms. The van der Waals surface area contributed by atoms with E-state index < -0.39 is 0 Å². The Morgan fingerprint density at radius 1 is 1.33 bits per heavy atom. The highest BCUT2D eigenvalue weighted by Crippen LogP contribution is 2.25. The number of hydrogen-bond acceptors (Lipinski definition) is 3. The minimum atomic E-state index is 0.110. The molecule has 0 saturated heterocycles. The molecule has 1 unspecified atom stereocenters. The molecule has 0 aliphatic rings. The average Bonchev–Trinajstić information content (AvgIpc) is 2.46. The van der Waals surface area contributed by atoms with Crippen molar-refractivity contribution in [3.63, 3.8) is 0 Å². The van der Waals surface area contributed by atoms with Crippen molar-refractivity contribution in [2.45, 2.75) is 32.4 Å². The zero-order valence-corrected chi connectivity index (χ0v) is 14.2. The highest BCUT2D eigenvalue weighted by molar-refractivity contribution is 9.10. The lowest BCUT2D eigenvalue weighted by Crippen LogP contribution is -2.21. The third-order valence-corrected chi connectivity index (χ3v) is 3.85. The van der Waals surface area contributed by atoms with Crippen LogP contribution in [0.4, 0.5) is 0 Å². The molecule has 1 aromatic carbocycles. The molecule has 21 heavy (non-hydrogen) atoms. The topological polar surface area (TPSA) is 48.1 Å². The zero-order chi connectivity index (χ0) is 15.2. The van der Waals surface area contributed by atoms with Gasteiger partial charge >= 0.3 is 0 Å². The highest BCUT2D eigenvalue weighted by atomic mass is 79.9. The van der Waals surface area contributed by atoms with E-state index in [0.717, 1.165) is 34.2 Å². The zero-order valence-electron chi connectivity index (χ0n) is 11.9. The van der Waals surface area contributed by atoms with Crippen molar-refractivity contribution in [1.29, 1.82) is 0 Å². The fourth-order valence-electron chi connectivity index (χ4n) is 1.97. The summed E-state index contributed by atoms with van der Waals surface area (Å²) in [6.45, 7) is 2.53. The second kappa shape index (κ2) is 7.78. The van der Waals surface area contributed by atoms with E-state index in [1.807, 2.05) is 24.3 Å². The second-order valence-electron chi connectivity index (χ2n) is 4.92. The molecule has 2 N–H and O–H groups in total. The molecule has 0 radical (unpaired) electrons. The lowest BCUT2D eigenvalue weighted by molar-refractivity contribution is 0.301. The number of pyridine rings is 1. The summed E-state index contributed by atoms with van der Waals surface area (Å²) in [5.74, 6) is 0.822. The summed E-state index contributed by atoms with van der Waals surface area (Å²) in [5, 5.41) is 0.699. The molecular formula is C16H18BrClN2O. The summed E-state index contributed by atoms with van der Waals surface area (Å²) >= 11 is 9.47. The van der Waals surface area contributed by atoms with Crippen molar-refractivity contribution in [2.24, 2.45) is 5.73 Å². The first kappa shape index (κ1) is 16.3. The number of halogens is 2. The van der Waals surface area contributed by atoms with Gasteiger partial charge in [-0.25, -0.2) is 0 Å². The number of rotatable bonds is 6. The summed E-state index contributed by atoms with van der Waals surface area (Å²) in [7, 11) is 0. The number of benzene rings is 1. The van der Waals surface area contributed by atoms with Gasteiger partial charge in [-0.15, -0.1) is 0 Å². The number of nitrogens with two attached hydrogens (primary N) is 1. The van der Waals surface area contributed by atoms with Crippen molar-refractivity contribution in [3.8, 4) is 5.75 Å². The van der Waals surface area contributed by atoms with Crippen LogP contribution in [0.3, 0.4) is 0 Å². The first-order valence-electron chi connectivity index (χ1n) is 6.84. The van der Waals surface area contributed by atoms with Gasteiger partial charge in [0.2, 0.25) is 0 Å². The average molecular weight is 370 g/mol. The molecule has 0 aliphatic carbocycles. The highest BCUT2D eigenvalue weighted by Gasteiger charge is 2.09.